The van der Waals surface area contributed by atoms with Crippen LogP contribution in [0.5, 0.6) is 5.75 Å². The van der Waals surface area contributed by atoms with Crippen LogP contribution in [0.3, 0.4) is 0 Å². The minimum atomic E-state index is 0.312. The summed E-state index contributed by atoms with van der Waals surface area (Å²) in [6.45, 7) is 4.24. The van der Waals surface area contributed by atoms with Gasteiger partial charge in [-0.05, 0) is 18.1 Å². The first-order valence-electron chi connectivity index (χ1n) is 6.59. The molecule has 0 bridgehead atoms. The fourth-order valence-corrected chi connectivity index (χ4v) is 2.08. The fraction of sp³-hybridized carbons (Fsp3) is 0.333. The number of nitrogens with one attached hydrogen (secondary N) is 2. The zero-order valence-corrected chi connectivity index (χ0v) is 12.3. The second-order valence-electron chi connectivity index (χ2n) is 4.75. The van der Waals surface area contributed by atoms with E-state index in [1.807, 2.05) is 31.3 Å². The normalized spacial score (nSPS) is 10.4. The molecule has 0 aliphatic heterocycles. The lowest BCUT2D eigenvalue weighted by molar-refractivity contribution is 0.415. The van der Waals surface area contributed by atoms with Crippen LogP contribution < -0.4 is 15.4 Å². The van der Waals surface area contributed by atoms with Gasteiger partial charge in [0.2, 0.25) is 0 Å². The maximum atomic E-state index is 5.23. The summed E-state index contributed by atoms with van der Waals surface area (Å²) in [4.78, 5) is 8.62. The lowest BCUT2D eigenvalue weighted by atomic mass is 10.0. The van der Waals surface area contributed by atoms with Gasteiger partial charge in [-0.1, -0.05) is 19.9 Å². The third kappa shape index (κ3) is 2.99. The van der Waals surface area contributed by atoms with Crippen LogP contribution in [0, 0.1) is 0 Å². The molecule has 20 heavy (non-hydrogen) atoms. The molecule has 5 heteroatoms. The van der Waals surface area contributed by atoms with Gasteiger partial charge < -0.3 is 15.4 Å². The third-order valence-electron chi connectivity index (χ3n) is 3.03. The lowest BCUT2D eigenvalue weighted by Crippen LogP contribution is -2.06. The van der Waals surface area contributed by atoms with Crippen molar-refractivity contribution >= 4 is 17.3 Å². The van der Waals surface area contributed by atoms with Gasteiger partial charge in [0.05, 0.1) is 7.11 Å². The van der Waals surface area contributed by atoms with Gasteiger partial charge in [-0.15, -0.1) is 0 Å². The highest BCUT2D eigenvalue weighted by atomic mass is 16.5. The first-order chi connectivity index (χ1) is 9.65. The van der Waals surface area contributed by atoms with Gasteiger partial charge in [0.25, 0.3) is 0 Å². The Morgan fingerprint density at radius 3 is 2.55 bits per heavy atom. The lowest BCUT2D eigenvalue weighted by Gasteiger charge is -2.16. The number of hydrogen-bond donors (Lipinski definition) is 2. The molecule has 0 aliphatic carbocycles. The molecular formula is C15H20N4O. The van der Waals surface area contributed by atoms with Crippen molar-refractivity contribution in [2.24, 2.45) is 0 Å². The van der Waals surface area contributed by atoms with E-state index in [4.69, 9.17) is 4.74 Å². The molecule has 0 saturated carbocycles. The van der Waals surface area contributed by atoms with E-state index in [9.17, 15) is 0 Å². The Morgan fingerprint density at radius 2 is 1.90 bits per heavy atom. The summed E-state index contributed by atoms with van der Waals surface area (Å²) in [7, 11) is 3.52. The van der Waals surface area contributed by atoms with Crippen molar-refractivity contribution in [3.63, 3.8) is 0 Å². The number of rotatable bonds is 5. The minimum Gasteiger partial charge on any atom is -0.497 e. The standard InChI is InChI=1S/C15H20N4O/c1-10(2)13-14(16-3)17-9-18-15(13)19-11-6-5-7-12(8-11)20-4/h5-10H,1-4H3,(H2,16,17,18,19). The summed E-state index contributed by atoms with van der Waals surface area (Å²) in [6.07, 6.45) is 1.56. The van der Waals surface area contributed by atoms with E-state index >= 15 is 0 Å². The fourth-order valence-electron chi connectivity index (χ4n) is 2.08. The maximum absolute atomic E-state index is 5.23. The van der Waals surface area contributed by atoms with Gasteiger partial charge >= 0.3 is 0 Å². The van der Waals surface area contributed by atoms with Crippen LogP contribution in [0.1, 0.15) is 25.3 Å². The maximum Gasteiger partial charge on any atom is 0.139 e. The zero-order chi connectivity index (χ0) is 14.5. The van der Waals surface area contributed by atoms with Crippen molar-refractivity contribution in [1.82, 2.24) is 9.97 Å². The molecule has 0 fully saturated rings. The second-order valence-corrected chi connectivity index (χ2v) is 4.75. The summed E-state index contributed by atoms with van der Waals surface area (Å²) in [5.41, 5.74) is 2.00. The number of nitrogens with zero attached hydrogens (tertiary/aromatic N) is 2. The zero-order valence-electron chi connectivity index (χ0n) is 12.3. The molecule has 1 aromatic carbocycles. The van der Waals surface area contributed by atoms with Crippen LogP contribution in [0.25, 0.3) is 0 Å². The van der Waals surface area contributed by atoms with Crippen LogP contribution in [0.2, 0.25) is 0 Å². The molecule has 0 atom stereocenters. The van der Waals surface area contributed by atoms with Gasteiger partial charge in [0, 0.05) is 24.4 Å². The number of benzene rings is 1. The average Bonchev–Trinajstić information content (AvgIpc) is 2.46. The van der Waals surface area contributed by atoms with Gasteiger partial charge in [0.1, 0.15) is 23.7 Å². The molecule has 2 aromatic rings. The van der Waals surface area contributed by atoms with Crippen molar-refractivity contribution in [3.8, 4) is 5.75 Å². The Hall–Kier alpha value is -2.30. The van der Waals surface area contributed by atoms with Gasteiger partial charge in [-0.25, -0.2) is 9.97 Å². The van der Waals surface area contributed by atoms with Crippen LogP contribution in [0.4, 0.5) is 17.3 Å². The average molecular weight is 272 g/mol. The van der Waals surface area contributed by atoms with Gasteiger partial charge in [-0.3, -0.25) is 0 Å². The van der Waals surface area contributed by atoms with Crippen molar-refractivity contribution < 1.29 is 4.74 Å². The number of aromatic nitrogens is 2. The predicted octanol–water partition coefficient (Wildman–Crippen LogP) is 3.39. The Bertz CT molecular complexity index is 584. The molecule has 0 saturated heterocycles. The quantitative estimate of drug-likeness (QED) is 0.873. The Kier molecular flexibility index (Phi) is 4.40. The van der Waals surface area contributed by atoms with Crippen LogP contribution in [0.15, 0.2) is 30.6 Å². The van der Waals surface area contributed by atoms with Crippen LogP contribution in [-0.4, -0.2) is 24.1 Å². The first kappa shape index (κ1) is 14.1. The van der Waals surface area contributed by atoms with Gasteiger partial charge in [0.15, 0.2) is 0 Å². The molecule has 0 radical (unpaired) electrons. The SMILES string of the molecule is CNc1ncnc(Nc2cccc(OC)c2)c1C(C)C. The molecule has 5 nitrogen and oxygen atoms in total. The van der Waals surface area contributed by atoms with E-state index in [0.29, 0.717) is 5.92 Å². The first-order valence-corrected chi connectivity index (χ1v) is 6.59. The Balaban J connectivity index is 2.37. The Labute approximate surface area is 119 Å². The van der Waals surface area contributed by atoms with E-state index in [2.05, 4.69) is 34.4 Å². The van der Waals surface area contributed by atoms with Crippen molar-refractivity contribution in [1.29, 1.82) is 0 Å². The number of hydrogen-bond acceptors (Lipinski definition) is 5. The van der Waals surface area contributed by atoms with Crippen LogP contribution in [-0.2, 0) is 0 Å². The topological polar surface area (TPSA) is 59.1 Å². The number of anilines is 3. The number of methoxy groups -OCH3 is 1. The predicted molar refractivity (Wildman–Crippen MR) is 81.9 cm³/mol. The molecule has 2 rings (SSSR count). The highest BCUT2D eigenvalue weighted by molar-refractivity contribution is 5.66. The largest absolute Gasteiger partial charge is 0.497 e. The molecule has 2 N–H and O–H groups in total. The van der Waals surface area contributed by atoms with E-state index in [-0.39, 0.29) is 0 Å². The smallest absolute Gasteiger partial charge is 0.139 e. The van der Waals surface area contributed by atoms with E-state index in [0.717, 1.165) is 28.6 Å². The Morgan fingerprint density at radius 1 is 1.15 bits per heavy atom. The summed E-state index contributed by atoms with van der Waals surface area (Å²) in [6, 6.07) is 7.77. The molecule has 0 spiro atoms. The molecule has 106 valence electrons. The highest BCUT2D eigenvalue weighted by Gasteiger charge is 2.14. The molecule has 1 aromatic heterocycles. The molecule has 1 heterocycles. The molecular weight excluding hydrogens is 252 g/mol. The van der Waals surface area contributed by atoms with Crippen molar-refractivity contribution in [3.05, 3.63) is 36.2 Å². The summed E-state index contributed by atoms with van der Waals surface area (Å²) < 4.78 is 5.23. The molecule has 0 unspecified atom stereocenters. The molecule has 0 amide bonds. The summed E-state index contributed by atoms with van der Waals surface area (Å²) >= 11 is 0. The van der Waals surface area contributed by atoms with Gasteiger partial charge in [-0.2, -0.15) is 0 Å². The second kappa shape index (κ2) is 6.23. The van der Waals surface area contributed by atoms with Crippen molar-refractivity contribution in [2.75, 3.05) is 24.8 Å². The summed E-state index contributed by atoms with van der Waals surface area (Å²) in [5, 5.41) is 6.44. The highest BCUT2D eigenvalue weighted by Crippen LogP contribution is 2.30. The van der Waals surface area contributed by atoms with Crippen LogP contribution >= 0.6 is 0 Å². The van der Waals surface area contributed by atoms with E-state index in [1.54, 1.807) is 13.4 Å². The molecule has 0 aliphatic rings. The number of ether oxygens (including phenoxy) is 1. The third-order valence-corrected chi connectivity index (χ3v) is 3.03. The minimum absolute atomic E-state index is 0.312. The van der Waals surface area contributed by atoms with E-state index < -0.39 is 0 Å². The van der Waals surface area contributed by atoms with E-state index in [1.165, 1.54) is 0 Å². The summed E-state index contributed by atoms with van der Waals surface area (Å²) in [5.74, 6) is 2.78. The van der Waals surface area contributed by atoms with Crippen molar-refractivity contribution in [2.45, 2.75) is 19.8 Å². The monoisotopic (exact) mass is 272 g/mol.